The molecule has 2 rings (SSSR count). The number of hydrogen-bond acceptors (Lipinski definition) is 3. The minimum atomic E-state index is 0.424. The molecule has 3 heteroatoms. The van der Waals surface area contributed by atoms with Crippen molar-refractivity contribution in [2.24, 2.45) is 5.73 Å². The van der Waals surface area contributed by atoms with Gasteiger partial charge in [0.1, 0.15) is 0 Å². The second-order valence-corrected chi connectivity index (χ2v) is 7.23. The van der Waals surface area contributed by atoms with Crippen LogP contribution >= 0.6 is 11.3 Å². The van der Waals surface area contributed by atoms with Crippen LogP contribution in [0.5, 0.6) is 0 Å². The van der Waals surface area contributed by atoms with Crippen molar-refractivity contribution in [2.45, 2.75) is 65.0 Å². The van der Waals surface area contributed by atoms with E-state index in [2.05, 4.69) is 31.7 Å². The number of hydrogen-bond donors (Lipinski definition) is 1. The molecule has 2 nitrogen and oxygen atoms in total. The molecule has 1 aliphatic rings. The Hall–Kier alpha value is -0.380. The maximum atomic E-state index is 6.14. The van der Waals surface area contributed by atoms with Crippen molar-refractivity contribution in [3.05, 3.63) is 21.4 Å². The molecule has 1 fully saturated rings. The van der Waals surface area contributed by atoms with Crippen LogP contribution in [0.3, 0.4) is 0 Å². The maximum absolute atomic E-state index is 6.14. The van der Waals surface area contributed by atoms with Crippen molar-refractivity contribution in [2.75, 3.05) is 13.1 Å². The lowest BCUT2D eigenvalue weighted by molar-refractivity contribution is 0.136. The SMILES string of the molecule is CCC1CCCCCN1C(CN)c1cc(C)sc1C. The van der Waals surface area contributed by atoms with Gasteiger partial charge >= 0.3 is 0 Å². The van der Waals surface area contributed by atoms with Gasteiger partial charge in [0.15, 0.2) is 0 Å². The van der Waals surface area contributed by atoms with E-state index in [0.717, 1.165) is 12.6 Å². The molecule has 1 aromatic heterocycles. The highest BCUT2D eigenvalue weighted by molar-refractivity contribution is 7.12. The molecule has 108 valence electrons. The van der Waals surface area contributed by atoms with Crippen LogP contribution in [0.25, 0.3) is 0 Å². The summed E-state index contributed by atoms with van der Waals surface area (Å²) in [6.07, 6.45) is 6.68. The lowest BCUT2D eigenvalue weighted by Gasteiger charge is -2.36. The maximum Gasteiger partial charge on any atom is 0.0484 e. The van der Waals surface area contributed by atoms with Crippen LogP contribution in [0, 0.1) is 13.8 Å². The zero-order chi connectivity index (χ0) is 13.8. The quantitative estimate of drug-likeness (QED) is 0.902. The second kappa shape index (κ2) is 6.87. The number of thiophene rings is 1. The Kier molecular flexibility index (Phi) is 5.43. The van der Waals surface area contributed by atoms with E-state index in [9.17, 15) is 0 Å². The van der Waals surface area contributed by atoms with Crippen LogP contribution < -0.4 is 5.73 Å². The van der Waals surface area contributed by atoms with E-state index in [1.54, 1.807) is 0 Å². The standard InChI is InChI=1S/C16H28N2S/c1-4-14-8-6-5-7-9-18(14)16(11-17)15-10-12(2)19-13(15)3/h10,14,16H,4-9,11,17H2,1-3H3. The van der Waals surface area contributed by atoms with E-state index in [1.165, 1.54) is 54.0 Å². The van der Waals surface area contributed by atoms with Crippen LogP contribution in [0.4, 0.5) is 0 Å². The van der Waals surface area contributed by atoms with Gasteiger partial charge in [-0.3, -0.25) is 4.90 Å². The summed E-state index contributed by atoms with van der Waals surface area (Å²) < 4.78 is 0. The summed E-state index contributed by atoms with van der Waals surface area (Å²) in [6.45, 7) is 8.73. The molecule has 2 heterocycles. The average molecular weight is 280 g/mol. The van der Waals surface area contributed by atoms with Crippen molar-refractivity contribution < 1.29 is 0 Å². The molecule has 0 radical (unpaired) electrons. The van der Waals surface area contributed by atoms with E-state index in [1.807, 2.05) is 11.3 Å². The first-order valence-electron chi connectivity index (χ1n) is 7.70. The largest absolute Gasteiger partial charge is 0.329 e. The Labute approximate surface area is 122 Å². The first kappa shape index (κ1) is 15.0. The van der Waals surface area contributed by atoms with Gasteiger partial charge in [0.25, 0.3) is 0 Å². The number of nitrogens with zero attached hydrogens (tertiary/aromatic N) is 1. The van der Waals surface area contributed by atoms with Crippen LogP contribution in [0.15, 0.2) is 6.07 Å². The highest BCUT2D eigenvalue weighted by Gasteiger charge is 2.28. The number of aryl methyl sites for hydroxylation is 2. The highest BCUT2D eigenvalue weighted by atomic mass is 32.1. The molecule has 0 aliphatic carbocycles. The summed E-state index contributed by atoms with van der Waals surface area (Å²) in [4.78, 5) is 5.56. The van der Waals surface area contributed by atoms with Gasteiger partial charge in [0.05, 0.1) is 0 Å². The molecule has 2 N–H and O–H groups in total. The van der Waals surface area contributed by atoms with Crippen LogP contribution in [-0.4, -0.2) is 24.0 Å². The fourth-order valence-electron chi connectivity index (χ4n) is 3.47. The minimum absolute atomic E-state index is 0.424. The normalized spacial score (nSPS) is 23.3. The summed E-state index contributed by atoms with van der Waals surface area (Å²) in [5.74, 6) is 0. The molecule has 0 saturated carbocycles. The number of likely N-dealkylation sites (tertiary alicyclic amines) is 1. The summed E-state index contributed by atoms with van der Waals surface area (Å²) in [5.41, 5.74) is 7.62. The Bertz CT molecular complexity index is 399. The number of nitrogens with two attached hydrogens (primary N) is 1. The summed E-state index contributed by atoms with van der Waals surface area (Å²) in [5, 5.41) is 0. The third-order valence-corrected chi connectivity index (χ3v) is 5.44. The van der Waals surface area contributed by atoms with Crippen molar-refractivity contribution in [3.63, 3.8) is 0 Å². The molecule has 0 spiro atoms. The first-order valence-corrected chi connectivity index (χ1v) is 8.51. The zero-order valence-corrected chi connectivity index (χ0v) is 13.4. The minimum Gasteiger partial charge on any atom is -0.329 e. The Balaban J connectivity index is 2.25. The van der Waals surface area contributed by atoms with Crippen molar-refractivity contribution >= 4 is 11.3 Å². The molecule has 1 aromatic rings. The molecule has 1 saturated heterocycles. The van der Waals surface area contributed by atoms with Gasteiger partial charge in [0.2, 0.25) is 0 Å². The molecular weight excluding hydrogens is 252 g/mol. The van der Waals surface area contributed by atoms with Gasteiger partial charge in [-0.05, 0) is 51.3 Å². The zero-order valence-electron chi connectivity index (χ0n) is 12.6. The summed E-state index contributed by atoms with van der Waals surface area (Å²) in [7, 11) is 0. The van der Waals surface area contributed by atoms with Crippen molar-refractivity contribution in [1.82, 2.24) is 4.90 Å². The highest BCUT2D eigenvalue weighted by Crippen LogP contribution is 2.33. The fraction of sp³-hybridized carbons (Fsp3) is 0.750. The van der Waals surface area contributed by atoms with Gasteiger partial charge in [-0.15, -0.1) is 11.3 Å². The number of rotatable bonds is 4. The second-order valence-electron chi connectivity index (χ2n) is 5.77. The van der Waals surface area contributed by atoms with E-state index < -0.39 is 0 Å². The van der Waals surface area contributed by atoms with Gasteiger partial charge in [-0.25, -0.2) is 0 Å². The lowest BCUT2D eigenvalue weighted by atomic mass is 10.0. The molecule has 0 amide bonds. The average Bonchev–Trinajstić information content (AvgIpc) is 2.62. The van der Waals surface area contributed by atoms with E-state index in [-0.39, 0.29) is 0 Å². The molecule has 19 heavy (non-hydrogen) atoms. The smallest absolute Gasteiger partial charge is 0.0484 e. The molecule has 2 atom stereocenters. The third-order valence-electron chi connectivity index (χ3n) is 4.46. The van der Waals surface area contributed by atoms with E-state index >= 15 is 0 Å². The van der Waals surface area contributed by atoms with Gasteiger partial charge < -0.3 is 5.73 Å². The Morgan fingerprint density at radius 2 is 2.16 bits per heavy atom. The lowest BCUT2D eigenvalue weighted by Crippen LogP contribution is -2.41. The molecule has 0 bridgehead atoms. The van der Waals surface area contributed by atoms with Gasteiger partial charge in [-0.2, -0.15) is 0 Å². The molecular formula is C16H28N2S. The van der Waals surface area contributed by atoms with Crippen molar-refractivity contribution in [1.29, 1.82) is 0 Å². The Morgan fingerprint density at radius 1 is 1.37 bits per heavy atom. The molecule has 0 aromatic carbocycles. The third kappa shape index (κ3) is 3.39. The van der Waals surface area contributed by atoms with Gasteiger partial charge in [-0.1, -0.05) is 19.8 Å². The van der Waals surface area contributed by atoms with Crippen LogP contribution in [-0.2, 0) is 0 Å². The first-order chi connectivity index (χ1) is 9.17. The van der Waals surface area contributed by atoms with E-state index in [4.69, 9.17) is 5.73 Å². The predicted molar refractivity (Wildman–Crippen MR) is 84.8 cm³/mol. The molecule has 2 unspecified atom stereocenters. The van der Waals surface area contributed by atoms with Gasteiger partial charge in [0, 0.05) is 28.4 Å². The van der Waals surface area contributed by atoms with Crippen LogP contribution in [0.1, 0.15) is 60.4 Å². The van der Waals surface area contributed by atoms with E-state index in [0.29, 0.717) is 6.04 Å². The fourth-order valence-corrected chi connectivity index (χ4v) is 4.45. The van der Waals surface area contributed by atoms with Crippen LogP contribution in [0.2, 0.25) is 0 Å². The monoisotopic (exact) mass is 280 g/mol. The molecule has 1 aliphatic heterocycles. The summed E-state index contributed by atoms with van der Waals surface area (Å²) >= 11 is 1.91. The summed E-state index contributed by atoms with van der Waals surface area (Å²) in [6, 6.07) is 3.50. The topological polar surface area (TPSA) is 29.3 Å². The predicted octanol–water partition coefficient (Wildman–Crippen LogP) is 4.02. The van der Waals surface area contributed by atoms with Crippen molar-refractivity contribution in [3.8, 4) is 0 Å². The Morgan fingerprint density at radius 3 is 2.74 bits per heavy atom.